The Kier molecular flexibility index (Phi) is 9.03. The summed E-state index contributed by atoms with van der Waals surface area (Å²) in [6.07, 6.45) is 3.51. The highest BCUT2D eigenvalue weighted by atomic mass is 15.2. The molecule has 0 bridgehead atoms. The van der Waals surface area contributed by atoms with Gasteiger partial charge >= 0.3 is 0 Å². The number of hydrogen-bond donors (Lipinski definition) is 0. The van der Waals surface area contributed by atoms with Crippen molar-refractivity contribution in [2.75, 3.05) is 9.80 Å². The summed E-state index contributed by atoms with van der Waals surface area (Å²) in [6, 6.07) is 43.3. The SMILES string of the molecule is Cc1cc2c3c(c1)N(c1cc(C(C)(C)C)cc(C(C)(C)C)c1)c1cc4c(cc1B3c1cc(-c3ccccc3)ccc1N2c1cc(C(C)(C)C)cc(C(C)(C)C)c1)CCC4. The molecule has 0 amide bonds. The summed E-state index contributed by atoms with van der Waals surface area (Å²) in [5, 5.41) is 0. The fourth-order valence-corrected chi connectivity index (χ4v) is 9.79. The lowest BCUT2D eigenvalue weighted by Gasteiger charge is -2.45. The lowest BCUT2D eigenvalue weighted by atomic mass is 9.33. The van der Waals surface area contributed by atoms with Crippen LogP contribution in [0.1, 0.15) is 128 Å². The summed E-state index contributed by atoms with van der Waals surface area (Å²) in [4.78, 5) is 5.29. The summed E-state index contributed by atoms with van der Waals surface area (Å²) < 4.78 is 0. The van der Waals surface area contributed by atoms with Crippen molar-refractivity contribution in [3.8, 4) is 11.1 Å². The van der Waals surface area contributed by atoms with Crippen molar-refractivity contribution in [3.63, 3.8) is 0 Å². The predicted molar refractivity (Wildman–Crippen MR) is 257 cm³/mol. The molecule has 0 radical (unpaired) electrons. The molecule has 2 nitrogen and oxygen atoms in total. The largest absolute Gasteiger partial charge is 0.311 e. The van der Waals surface area contributed by atoms with E-state index in [0.29, 0.717) is 0 Å². The normalized spacial score (nSPS) is 14.9. The Balaban J connectivity index is 1.41. The summed E-state index contributed by atoms with van der Waals surface area (Å²) in [7, 11) is 0. The smallest absolute Gasteiger partial charge is 0.252 e. The van der Waals surface area contributed by atoms with Crippen molar-refractivity contribution < 1.29 is 0 Å². The van der Waals surface area contributed by atoms with E-state index in [0.717, 1.165) is 12.8 Å². The molecule has 2 aliphatic heterocycles. The standard InChI is InChI=1S/C56H63BN2/c1-35-24-50-52-51(25-35)59(45-33-42(55(8,9)10)30-43(34-45)56(11,12)13)49-28-38-21-17-20-37(38)26-47(49)57(52)46-27-39(36-18-15-14-16-19-36)22-23-48(46)58(50)44-31-40(53(2,3)4)29-41(32-44)54(5,6)7/h14-16,18-19,22-34H,17,20-21H2,1-13H3. The molecule has 3 heteroatoms. The second-order valence-corrected chi connectivity index (χ2v) is 22.0. The van der Waals surface area contributed by atoms with Crippen LogP contribution in [0.25, 0.3) is 11.1 Å². The van der Waals surface area contributed by atoms with E-state index in [1.54, 1.807) is 0 Å². The van der Waals surface area contributed by atoms with Gasteiger partial charge in [-0.25, -0.2) is 0 Å². The van der Waals surface area contributed by atoms with Crippen LogP contribution in [0.2, 0.25) is 0 Å². The zero-order chi connectivity index (χ0) is 42.0. The first kappa shape index (κ1) is 39.4. The Labute approximate surface area is 355 Å². The predicted octanol–water partition coefficient (Wildman–Crippen LogP) is 13.4. The second-order valence-electron chi connectivity index (χ2n) is 22.0. The summed E-state index contributed by atoms with van der Waals surface area (Å²) in [5.74, 6) is 0. The first-order chi connectivity index (χ1) is 27.7. The van der Waals surface area contributed by atoms with Gasteiger partial charge in [-0.1, -0.05) is 144 Å². The topological polar surface area (TPSA) is 6.48 Å². The number of anilines is 6. The molecule has 0 atom stereocenters. The van der Waals surface area contributed by atoms with E-state index in [-0.39, 0.29) is 28.4 Å². The van der Waals surface area contributed by atoms with Crippen LogP contribution in [0.5, 0.6) is 0 Å². The highest BCUT2D eigenvalue weighted by Gasteiger charge is 2.45. The van der Waals surface area contributed by atoms with E-state index in [4.69, 9.17) is 0 Å². The van der Waals surface area contributed by atoms with Crippen molar-refractivity contribution >= 4 is 57.2 Å². The molecule has 9 rings (SSSR count). The second kappa shape index (κ2) is 13.5. The monoisotopic (exact) mass is 775 g/mol. The van der Waals surface area contributed by atoms with Gasteiger partial charge in [-0.2, -0.15) is 0 Å². The van der Waals surface area contributed by atoms with E-state index in [9.17, 15) is 0 Å². The van der Waals surface area contributed by atoms with Crippen LogP contribution < -0.4 is 26.2 Å². The van der Waals surface area contributed by atoms with Crippen LogP contribution in [-0.2, 0) is 34.5 Å². The maximum absolute atomic E-state index is 2.66. The maximum atomic E-state index is 2.66. The number of benzene rings is 6. The minimum absolute atomic E-state index is 0.00641. The van der Waals surface area contributed by atoms with Crippen molar-refractivity contribution in [2.45, 2.75) is 131 Å². The van der Waals surface area contributed by atoms with E-state index < -0.39 is 0 Å². The Morgan fingerprint density at radius 1 is 0.424 bits per heavy atom. The van der Waals surface area contributed by atoms with Crippen LogP contribution in [-0.4, -0.2) is 6.71 Å². The number of fused-ring (bicyclic) bond motifs is 5. The minimum atomic E-state index is -0.0146. The van der Waals surface area contributed by atoms with Crippen LogP contribution in [0, 0.1) is 6.92 Å². The van der Waals surface area contributed by atoms with E-state index in [2.05, 4.69) is 209 Å². The molecule has 59 heavy (non-hydrogen) atoms. The molecule has 0 fully saturated rings. The molecule has 0 spiro atoms. The third-order valence-corrected chi connectivity index (χ3v) is 13.3. The van der Waals surface area contributed by atoms with Gasteiger partial charge in [-0.15, -0.1) is 0 Å². The molecule has 1 aliphatic carbocycles. The first-order valence-corrected chi connectivity index (χ1v) is 22.1. The maximum Gasteiger partial charge on any atom is 0.252 e. The fourth-order valence-electron chi connectivity index (χ4n) is 9.79. The molecule has 0 saturated heterocycles. The molecular weight excluding hydrogens is 711 g/mol. The molecule has 6 aromatic rings. The molecular formula is C56H63BN2. The van der Waals surface area contributed by atoms with Gasteiger partial charge in [-0.3, -0.25) is 0 Å². The van der Waals surface area contributed by atoms with Crippen molar-refractivity contribution in [1.82, 2.24) is 0 Å². The van der Waals surface area contributed by atoms with Gasteiger partial charge in [0.1, 0.15) is 0 Å². The Morgan fingerprint density at radius 3 is 1.37 bits per heavy atom. The minimum Gasteiger partial charge on any atom is -0.311 e. The molecule has 300 valence electrons. The van der Waals surface area contributed by atoms with Gasteiger partial charge in [0.2, 0.25) is 0 Å². The van der Waals surface area contributed by atoms with Crippen molar-refractivity contribution in [3.05, 3.63) is 148 Å². The number of rotatable bonds is 3. The average molecular weight is 775 g/mol. The molecule has 0 N–H and O–H groups in total. The van der Waals surface area contributed by atoms with Crippen LogP contribution in [0.3, 0.4) is 0 Å². The van der Waals surface area contributed by atoms with E-state index in [1.807, 2.05) is 0 Å². The van der Waals surface area contributed by atoms with Gasteiger partial charge in [-0.05, 0) is 163 Å². The molecule has 0 aromatic heterocycles. The molecule has 3 aliphatic rings. The van der Waals surface area contributed by atoms with Crippen LogP contribution in [0.15, 0.2) is 109 Å². The Hall–Kier alpha value is -5.02. The average Bonchev–Trinajstić information content (AvgIpc) is 3.63. The van der Waals surface area contributed by atoms with Crippen LogP contribution in [0.4, 0.5) is 34.1 Å². The Bertz CT molecular complexity index is 2570. The number of nitrogens with zero attached hydrogens (tertiary/aromatic N) is 2. The molecule has 0 saturated carbocycles. The first-order valence-electron chi connectivity index (χ1n) is 22.1. The van der Waals surface area contributed by atoms with Gasteiger partial charge in [0, 0.05) is 34.1 Å². The van der Waals surface area contributed by atoms with E-state index >= 15 is 0 Å². The summed E-state index contributed by atoms with van der Waals surface area (Å²) >= 11 is 0. The number of aryl methyl sites for hydroxylation is 3. The van der Waals surface area contributed by atoms with Crippen molar-refractivity contribution in [2.24, 2.45) is 0 Å². The lowest BCUT2D eigenvalue weighted by molar-refractivity contribution is 0.568. The third kappa shape index (κ3) is 6.83. The third-order valence-electron chi connectivity index (χ3n) is 13.3. The highest BCUT2D eigenvalue weighted by molar-refractivity contribution is 7.00. The zero-order valence-corrected chi connectivity index (χ0v) is 38.0. The van der Waals surface area contributed by atoms with Gasteiger partial charge in [0.25, 0.3) is 6.71 Å². The molecule has 6 aromatic carbocycles. The van der Waals surface area contributed by atoms with Gasteiger partial charge < -0.3 is 9.80 Å². The Morgan fingerprint density at radius 2 is 0.881 bits per heavy atom. The van der Waals surface area contributed by atoms with Crippen LogP contribution >= 0.6 is 0 Å². The van der Waals surface area contributed by atoms with Gasteiger partial charge in [0.05, 0.1) is 0 Å². The molecule has 0 unspecified atom stereocenters. The lowest BCUT2D eigenvalue weighted by Crippen LogP contribution is -2.61. The highest BCUT2D eigenvalue weighted by Crippen LogP contribution is 2.48. The molecule has 2 heterocycles. The van der Waals surface area contributed by atoms with Crippen molar-refractivity contribution in [1.29, 1.82) is 0 Å². The van der Waals surface area contributed by atoms with E-state index in [1.165, 1.54) is 107 Å². The summed E-state index contributed by atoms with van der Waals surface area (Å²) in [5.41, 5.74) is 24.1. The fraction of sp³-hybridized carbons (Fsp3) is 0.357. The summed E-state index contributed by atoms with van der Waals surface area (Å²) in [6.45, 7) is 30.6. The quantitative estimate of drug-likeness (QED) is 0.165. The van der Waals surface area contributed by atoms with Gasteiger partial charge in [0.15, 0.2) is 0 Å². The number of hydrogen-bond acceptors (Lipinski definition) is 2. The zero-order valence-electron chi connectivity index (χ0n) is 38.0.